The topological polar surface area (TPSA) is 59.2 Å². The fourth-order valence-corrected chi connectivity index (χ4v) is 3.51. The van der Waals surface area contributed by atoms with E-state index >= 15 is 0 Å². The third kappa shape index (κ3) is 5.38. The Kier molecular flexibility index (Phi) is 6.26. The van der Waals surface area contributed by atoms with Gasteiger partial charge >= 0.3 is 6.18 Å². The second-order valence-electron chi connectivity index (χ2n) is 6.43. The molecule has 1 amide bonds. The van der Waals surface area contributed by atoms with Gasteiger partial charge in [-0.25, -0.2) is 4.98 Å². The van der Waals surface area contributed by atoms with Crippen LogP contribution in [-0.2, 0) is 18.5 Å². The highest BCUT2D eigenvalue weighted by molar-refractivity contribution is 7.98. The molecular weight excluding hydrogens is 403 g/mol. The van der Waals surface area contributed by atoms with Crippen LogP contribution in [0, 0.1) is 6.92 Å². The van der Waals surface area contributed by atoms with E-state index in [1.54, 1.807) is 32.3 Å². The number of hydrogen-bond donors (Lipinski definition) is 0. The molecule has 0 saturated carbocycles. The second-order valence-corrected chi connectivity index (χ2v) is 7.39. The molecule has 0 atom stereocenters. The molecule has 0 N–H and O–H groups in total. The van der Waals surface area contributed by atoms with E-state index in [1.165, 1.54) is 28.8 Å². The summed E-state index contributed by atoms with van der Waals surface area (Å²) >= 11 is 1.36. The van der Waals surface area contributed by atoms with Crippen LogP contribution in [0.3, 0.4) is 0 Å². The van der Waals surface area contributed by atoms with Crippen LogP contribution < -0.4 is 0 Å². The predicted octanol–water partition coefficient (Wildman–Crippen LogP) is 4.96. The lowest BCUT2D eigenvalue weighted by atomic mass is 10.1. The number of nitrogens with zero attached hydrogens (tertiary/aromatic N) is 3. The smallest absolute Gasteiger partial charge is 0.361 e. The Labute approximate surface area is 169 Å². The average Bonchev–Trinajstić information content (AvgIpc) is 3.11. The SMILES string of the molecule is Cc1cc(CSc2ncccc2C(=O)N(C)Cc2ccc(C(F)(F)F)cc2)no1. The summed E-state index contributed by atoms with van der Waals surface area (Å²) in [5.41, 5.74) is 1.05. The molecule has 0 radical (unpaired) electrons. The molecule has 0 aliphatic carbocycles. The molecule has 29 heavy (non-hydrogen) atoms. The van der Waals surface area contributed by atoms with Crippen LogP contribution in [0.25, 0.3) is 0 Å². The van der Waals surface area contributed by atoms with Gasteiger partial charge in [-0.05, 0) is 36.8 Å². The van der Waals surface area contributed by atoms with Crippen molar-refractivity contribution in [2.75, 3.05) is 7.05 Å². The van der Waals surface area contributed by atoms with E-state index in [9.17, 15) is 18.0 Å². The van der Waals surface area contributed by atoms with Crippen LogP contribution in [0.5, 0.6) is 0 Å². The van der Waals surface area contributed by atoms with E-state index in [0.717, 1.165) is 17.8 Å². The van der Waals surface area contributed by atoms with Crippen molar-refractivity contribution in [2.24, 2.45) is 0 Å². The minimum atomic E-state index is -4.38. The number of hydrogen-bond acceptors (Lipinski definition) is 5. The van der Waals surface area contributed by atoms with Crippen molar-refractivity contribution in [3.05, 3.63) is 76.8 Å². The number of carbonyl (C=O) groups is 1. The lowest BCUT2D eigenvalue weighted by Crippen LogP contribution is -2.27. The Morgan fingerprint density at radius 2 is 1.93 bits per heavy atom. The minimum absolute atomic E-state index is 0.179. The highest BCUT2D eigenvalue weighted by Crippen LogP contribution is 2.29. The zero-order valence-corrected chi connectivity index (χ0v) is 16.5. The van der Waals surface area contributed by atoms with Gasteiger partial charge in [-0.15, -0.1) is 0 Å². The first kappa shape index (κ1) is 20.9. The average molecular weight is 421 g/mol. The van der Waals surface area contributed by atoms with Crippen LogP contribution in [-0.4, -0.2) is 28.0 Å². The van der Waals surface area contributed by atoms with Gasteiger partial charge in [-0.3, -0.25) is 4.79 Å². The molecule has 0 unspecified atom stereocenters. The molecule has 9 heteroatoms. The summed E-state index contributed by atoms with van der Waals surface area (Å²) in [6.07, 6.45) is -2.78. The number of thioether (sulfide) groups is 1. The van der Waals surface area contributed by atoms with Crippen molar-refractivity contribution in [3.63, 3.8) is 0 Å². The van der Waals surface area contributed by atoms with Gasteiger partial charge in [0.1, 0.15) is 10.8 Å². The summed E-state index contributed by atoms with van der Waals surface area (Å²) in [5.74, 6) is 0.933. The molecule has 0 aliphatic rings. The van der Waals surface area contributed by atoms with E-state index in [2.05, 4.69) is 10.1 Å². The molecule has 0 spiro atoms. The monoisotopic (exact) mass is 421 g/mol. The molecule has 0 bridgehead atoms. The van der Waals surface area contributed by atoms with Gasteiger partial charge in [-0.1, -0.05) is 29.1 Å². The molecule has 2 aromatic heterocycles. The number of rotatable bonds is 6. The van der Waals surface area contributed by atoms with Crippen molar-refractivity contribution in [1.29, 1.82) is 0 Å². The molecule has 1 aromatic carbocycles. The number of pyridine rings is 1. The number of aryl methyl sites for hydroxylation is 1. The normalized spacial score (nSPS) is 11.5. The maximum Gasteiger partial charge on any atom is 0.416 e. The minimum Gasteiger partial charge on any atom is -0.361 e. The Morgan fingerprint density at radius 1 is 1.21 bits per heavy atom. The first-order valence-electron chi connectivity index (χ1n) is 8.65. The van der Waals surface area contributed by atoms with E-state index in [1.807, 2.05) is 6.07 Å². The maximum atomic E-state index is 12.9. The predicted molar refractivity (Wildman–Crippen MR) is 102 cm³/mol. The van der Waals surface area contributed by atoms with Gasteiger partial charge in [0.2, 0.25) is 0 Å². The Balaban J connectivity index is 1.69. The van der Waals surface area contributed by atoms with Crippen molar-refractivity contribution in [2.45, 2.75) is 30.4 Å². The fourth-order valence-electron chi connectivity index (χ4n) is 2.65. The largest absolute Gasteiger partial charge is 0.416 e. The van der Waals surface area contributed by atoms with Gasteiger partial charge in [0.15, 0.2) is 0 Å². The van der Waals surface area contributed by atoms with Crippen LogP contribution in [0.1, 0.15) is 32.9 Å². The molecule has 3 rings (SSSR count). The van der Waals surface area contributed by atoms with E-state index in [4.69, 9.17) is 4.52 Å². The summed E-state index contributed by atoms with van der Waals surface area (Å²) in [6.45, 7) is 1.98. The van der Waals surface area contributed by atoms with Crippen molar-refractivity contribution < 1.29 is 22.5 Å². The molecule has 3 aromatic rings. The van der Waals surface area contributed by atoms with Crippen molar-refractivity contribution in [3.8, 4) is 0 Å². The quantitative estimate of drug-likeness (QED) is 0.527. The molecular formula is C20H18F3N3O2S. The highest BCUT2D eigenvalue weighted by Gasteiger charge is 2.30. The summed E-state index contributed by atoms with van der Waals surface area (Å²) in [7, 11) is 1.60. The highest BCUT2D eigenvalue weighted by atomic mass is 32.2. The number of aromatic nitrogens is 2. The van der Waals surface area contributed by atoms with Crippen molar-refractivity contribution in [1.82, 2.24) is 15.0 Å². The molecule has 0 fully saturated rings. The summed E-state index contributed by atoms with van der Waals surface area (Å²) in [5, 5.41) is 4.47. The number of carbonyl (C=O) groups excluding carboxylic acids is 1. The zero-order chi connectivity index (χ0) is 21.0. The Bertz CT molecular complexity index is 987. The molecule has 5 nitrogen and oxygen atoms in total. The standard InChI is InChI=1S/C20H18F3N3O2S/c1-13-10-16(25-28-13)12-29-18-17(4-3-9-24-18)19(27)26(2)11-14-5-7-15(8-6-14)20(21,22)23/h3-10H,11-12H2,1-2H3. The third-order valence-corrected chi connectivity index (χ3v) is 5.12. The second kappa shape index (κ2) is 8.69. The Hall–Kier alpha value is -2.81. The van der Waals surface area contributed by atoms with Crippen LogP contribution in [0.15, 0.2) is 58.2 Å². The first-order valence-corrected chi connectivity index (χ1v) is 9.64. The van der Waals surface area contributed by atoms with E-state index in [0.29, 0.717) is 27.7 Å². The molecule has 0 saturated heterocycles. The van der Waals surface area contributed by atoms with Gasteiger partial charge in [0.05, 0.1) is 16.8 Å². The first-order chi connectivity index (χ1) is 13.7. The van der Waals surface area contributed by atoms with Gasteiger partial charge in [-0.2, -0.15) is 13.2 Å². The number of halogens is 3. The van der Waals surface area contributed by atoms with E-state index in [-0.39, 0.29) is 12.5 Å². The lowest BCUT2D eigenvalue weighted by Gasteiger charge is -2.19. The van der Waals surface area contributed by atoms with Gasteiger partial charge < -0.3 is 9.42 Å². The summed E-state index contributed by atoms with van der Waals surface area (Å²) in [4.78, 5) is 18.6. The molecule has 152 valence electrons. The van der Waals surface area contributed by atoms with Gasteiger partial charge in [0.25, 0.3) is 5.91 Å². The molecule has 0 aliphatic heterocycles. The summed E-state index contributed by atoms with van der Waals surface area (Å²) < 4.78 is 43.1. The summed E-state index contributed by atoms with van der Waals surface area (Å²) in [6, 6.07) is 9.93. The zero-order valence-electron chi connectivity index (χ0n) is 15.7. The van der Waals surface area contributed by atoms with E-state index < -0.39 is 11.7 Å². The fraction of sp³-hybridized carbons (Fsp3) is 0.250. The third-order valence-electron chi connectivity index (χ3n) is 4.08. The van der Waals surface area contributed by atoms with Gasteiger partial charge in [0, 0.05) is 31.6 Å². The number of benzene rings is 1. The molecule has 2 heterocycles. The lowest BCUT2D eigenvalue weighted by molar-refractivity contribution is -0.137. The van der Waals surface area contributed by atoms with Crippen LogP contribution >= 0.6 is 11.8 Å². The number of alkyl halides is 3. The van der Waals surface area contributed by atoms with Crippen LogP contribution in [0.2, 0.25) is 0 Å². The Morgan fingerprint density at radius 3 is 2.55 bits per heavy atom. The number of amides is 1. The maximum absolute atomic E-state index is 12.9. The van der Waals surface area contributed by atoms with Crippen molar-refractivity contribution >= 4 is 17.7 Å². The van der Waals surface area contributed by atoms with Crippen LogP contribution in [0.4, 0.5) is 13.2 Å².